The minimum Gasteiger partial charge on any atom is -0.465 e. The van der Waals surface area contributed by atoms with E-state index in [4.69, 9.17) is 10.00 Å². The number of carbonyl (C=O) groups is 1. The molecule has 15 heavy (non-hydrogen) atoms. The fraction of sp³-hybridized carbons (Fsp3) is 0.818. The lowest BCUT2D eigenvalue weighted by Crippen LogP contribution is -2.37. The molecule has 4 heteroatoms. The van der Waals surface area contributed by atoms with E-state index in [0.29, 0.717) is 25.9 Å². The van der Waals surface area contributed by atoms with Crippen LogP contribution < -0.4 is 0 Å². The van der Waals surface area contributed by atoms with Crippen molar-refractivity contribution in [1.29, 1.82) is 5.26 Å². The Bertz CT molecular complexity index is 271. The molecule has 84 valence electrons. The fourth-order valence-corrected chi connectivity index (χ4v) is 1.85. The zero-order valence-corrected chi connectivity index (χ0v) is 9.03. The number of hydrogen-bond donors (Lipinski definition) is 1. The molecule has 0 amide bonds. The van der Waals surface area contributed by atoms with Crippen molar-refractivity contribution in [2.24, 2.45) is 5.92 Å². The number of rotatable bonds is 4. The van der Waals surface area contributed by atoms with Gasteiger partial charge in [0, 0.05) is 0 Å². The van der Waals surface area contributed by atoms with Crippen molar-refractivity contribution in [1.82, 2.24) is 0 Å². The molecule has 0 unspecified atom stereocenters. The Balaban J connectivity index is 2.49. The van der Waals surface area contributed by atoms with Gasteiger partial charge in [-0.15, -0.1) is 0 Å². The molecule has 0 heterocycles. The predicted octanol–water partition coefficient (Wildman–Crippen LogP) is 1.38. The van der Waals surface area contributed by atoms with Gasteiger partial charge >= 0.3 is 5.97 Å². The molecule has 0 aromatic heterocycles. The third-order valence-corrected chi connectivity index (χ3v) is 2.85. The van der Waals surface area contributed by atoms with E-state index in [1.807, 2.05) is 13.0 Å². The average molecular weight is 211 g/mol. The summed E-state index contributed by atoms with van der Waals surface area (Å²) >= 11 is 0. The zero-order valence-electron chi connectivity index (χ0n) is 9.03. The van der Waals surface area contributed by atoms with Gasteiger partial charge in [0.1, 0.15) is 0 Å². The molecule has 1 aliphatic carbocycles. The molecule has 0 aromatic rings. The van der Waals surface area contributed by atoms with Crippen molar-refractivity contribution in [3.8, 4) is 6.07 Å². The summed E-state index contributed by atoms with van der Waals surface area (Å²) in [5.41, 5.74) is -1.50. The van der Waals surface area contributed by atoms with Crippen LogP contribution in [0.2, 0.25) is 0 Å². The van der Waals surface area contributed by atoms with Crippen LogP contribution in [0, 0.1) is 17.2 Å². The normalized spacial score (nSPS) is 29.8. The van der Waals surface area contributed by atoms with Gasteiger partial charge in [0.25, 0.3) is 0 Å². The van der Waals surface area contributed by atoms with E-state index in [-0.39, 0.29) is 0 Å². The van der Waals surface area contributed by atoms with Crippen LogP contribution in [0.1, 0.15) is 39.0 Å². The van der Waals surface area contributed by atoms with Gasteiger partial charge in [-0.2, -0.15) is 5.26 Å². The van der Waals surface area contributed by atoms with Crippen LogP contribution in [0.25, 0.3) is 0 Å². The number of ether oxygens (including phenoxy) is 1. The summed E-state index contributed by atoms with van der Waals surface area (Å²) in [7, 11) is 0. The van der Waals surface area contributed by atoms with Crippen LogP contribution in [0.4, 0.5) is 0 Å². The number of nitriles is 1. The van der Waals surface area contributed by atoms with E-state index >= 15 is 0 Å². The Morgan fingerprint density at radius 2 is 2.47 bits per heavy atom. The standard InChI is InChI=1S/C11H17NO3/c1-2-3-7-15-10(13)9-5-4-6-11(9,14)8-12/h9,14H,2-7H2,1H3/t9-,11-/m0/s1. The Hall–Kier alpha value is -1.08. The summed E-state index contributed by atoms with van der Waals surface area (Å²) in [6.07, 6.45) is 3.41. The first-order valence-electron chi connectivity index (χ1n) is 5.44. The molecule has 2 atom stereocenters. The fourth-order valence-electron chi connectivity index (χ4n) is 1.85. The van der Waals surface area contributed by atoms with Crippen LogP contribution in [0.15, 0.2) is 0 Å². The summed E-state index contributed by atoms with van der Waals surface area (Å²) < 4.78 is 5.01. The maximum atomic E-state index is 11.6. The van der Waals surface area contributed by atoms with E-state index in [1.54, 1.807) is 0 Å². The third kappa shape index (κ3) is 2.69. The highest BCUT2D eigenvalue weighted by Crippen LogP contribution is 2.35. The van der Waals surface area contributed by atoms with E-state index in [1.165, 1.54) is 0 Å². The second-order valence-electron chi connectivity index (χ2n) is 4.00. The van der Waals surface area contributed by atoms with Crippen molar-refractivity contribution in [3.63, 3.8) is 0 Å². The maximum Gasteiger partial charge on any atom is 0.312 e. The first-order valence-corrected chi connectivity index (χ1v) is 5.44. The van der Waals surface area contributed by atoms with Gasteiger partial charge in [0.05, 0.1) is 18.6 Å². The van der Waals surface area contributed by atoms with E-state index < -0.39 is 17.5 Å². The Morgan fingerprint density at radius 1 is 1.73 bits per heavy atom. The molecular formula is C11H17NO3. The van der Waals surface area contributed by atoms with Gasteiger partial charge in [-0.25, -0.2) is 0 Å². The molecular weight excluding hydrogens is 194 g/mol. The molecule has 0 aliphatic heterocycles. The molecule has 1 rings (SSSR count). The molecule has 0 aromatic carbocycles. The van der Waals surface area contributed by atoms with E-state index in [0.717, 1.165) is 12.8 Å². The minimum absolute atomic E-state index is 0.372. The summed E-state index contributed by atoms with van der Waals surface area (Å²) in [4.78, 5) is 11.6. The van der Waals surface area contributed by atoms with Crippen LogP contribution in [-0.2, 0) is 9.53 Å². The van der Waals surface area contributed by atoms with Crippen LogP contribution in [-0.4, -0.2) is 23.3 Å². The molecule has 4 nitrogen and oxygen atoms in total. The number of aliphatic hydroxyl groups is 1. The van der Waals surface area contributed by atoms with Crippen LogP contribution >= 0.6 is 0 Å². The highest BCUT2D eigenvalue weighted by atomic mass is 16.5. The van der Waals surface area contributed by atoms with Crippen molar-refractivity contribution in [3.05, 3.63) is 0 Å². The zero-order chi connectivity index (χ0) is 11.3. The first kappa shape index (κ1) is 12.0. The molecule has 1 saturated carbocycles. The number of esters is 1. The summed E-state index contributed by atoms with van der Waals surface area (Å²) in [6.45, 7) is 2.39. The quantitative estimate of drug-likeness (QED) is 0.433. The summed E-state index contributed by atoms with van der Waals surface area (Å²) in [5.74, 6) is -1.08. The van der Waals surface area contributed by atoms with Crippen molar-refractivity contribution >= 4 is 5.97 Å². The van der Waals surface area contributed by atoms with Crippen LogP contribution in [0.5, 0.6) is 0 Å². The van der Waals surface area contributed by atoms with Gasteiger partial charge in [0.2, 0.25) is 0 Å². The molecule has 0 spiro atoms. The molecule has 1 N–H and O–H groups in total. The largest absolute Gasteiger partial charge is 0.465 e. The number of carbonyl (C=O) groups excluding carboxylic acids is 1. The van der Waals surface area contributed by atoms with Gasteiger partial charge in [-0.1, -0.05) is 13.3 Å². The Kier molecular flexibility index (Phi) is 4.10. The lowest BCUT2D eigenvalue weighted by molar-refractivity contribution is -0.153. The SMILES string of the molecule is CCCCOC(=O)[C@@H]1CCC[C@]1(O)C#N. The minimum atomic E-state index is -1.50. The lowest BCUT2D eigenvalue weighted by atomic mass is 9.92. The maximum absolute atomic E-state index is 11.6. The highest BCUT2D eigenvalue weighted by Gasteiger charge is 2.46. The average Bonchev–Trinajstić information content (AvgIpc) is 2.61. The molecule has 1 aliphatic rings. The first-order chi connectivity index (χ1) is 7.14. The highest BCUT2D eigenvalue weighted by molar-refractivity contribution is 5.75. The number of nitrogens with zero attached hydrogens (tertiary/aromatic N) is 1. The second-order valence-corrected chi connectivity index (χ2v) is 4.00. The smallest absolute Gasteiger partial charge is 0.312 e. The second kappa shape index (κ2) is 5.13. The van der Waals surface area contributed by atoms with Gasteiger partial charge < -0.3 is 9.84 Å². The van der Waals surface area contributed by atoms with E-state index in [9.17, 15) is 9.90 Å². The molecule has 1 fully saturated rings. The van der Waals surface area contributed by atoms with Crippen molar-refractivity contribution < 1.29 is 14.6 Å². The molecule has 0 bridgehead atoms. The van der Waals surface area contributed by atoms with E-state index in [2.05, 4.69) is 0 Å². The molecule has 0 radical (unpaired) electrons. The number of unbranched alkanes of at least 4 members (excludes halogenated alkanes) is 1. The molecule has 0 saturated heterocycles. The summed E-state index contributed by atoms with van der Waals surface area (Å²) in [6, 6.07) is 1.82. The third-order valence-electron chi connectivity index (χ3n) is 2.85. The Morgan fingerprint density at radius 3 is 3.07 bits per heavy atom. The van der Waals surface area contributed by atoms with Gasteiger partial charge in [-0.05, 0) is 25.7 Å². The van der Waals surface area contributed by atoms with Crippen molar-refractivity contribution in [2.45, 2.75) is 44.6 Å². The monoisotopic (exact) mass is 211 g/mol. The number of hydrogen-bond acceptors (Lipinski definition) is 4. The predicted molar refractivity (Wildman–Crippen MR) is 53.8 cm³/mol. The van der Waals surface area contributed by atoms with Crippen LogP contribution in [0.3, 0.4) is 0 Å². The van der Waals surface area contributed by atoms with Gasteiger partial charge in [-0.3, -0.25) is 4.79 Å². The lowest BCUT2D eigenvalue weighted by Gasteiger charge is -2.20. The topological polar surface area (TPSA) is 70.3 Å². The summed E-state index contributed by atoms with van der Waals surface area (Å²) in [5, 5.41) is 18.6. The Labute approximate surface area is 89.8 Å². The van der Waals surface area contributed by atoms with Crippen molar-refractivity contribution in [2.75, 3.05) is 6.61 Å². The van der Waals surface area contributed by atoms with Gasteiger partial charge in [0.15, 0.2) is 5.60 Å².